The number of carbonyl (C=O) groups is 2. The molecule has 26 heavy (non-hydrogen) atoms. The molecule has 3 rings (SSSR count). The lowest BCUT2D eigenvalue weighted by Gasteiger charge is -2.18. The van der Waals surface area contributed by atoms with Crippen molar-refractivity contribution in [1.82, 2.24) is 10.6 Å². The average Bonchev–Trinajstić information content (AvgIpc) is 3.24. The molecule has 1 aliphatic carbocycles. The molecule has 138 valence electrons. The lowest BCUT2D eigenvalue weighted by molar-refractivity contribution is -0.139. The van der Waals surface area contributed by atoms with Gasteiger partial charge in [0.2, 0.25) is 0 Å². The van der Waals surface area contributed by atoms with E-state index in [-0.39, 0.29) is 16.8 Å². The second-order valence-electron chi connectivity index (χ2n) is 6.33. The van der Waals surface area contributed by atoms with Crippen molar-refractivity contribution >= 4 is 33.0 Å². The smallest absolute Gasteiger partial charge is 0.309 e. The number of hydrogen-bond acceptors (Lipinski definition) is 5. The highest BCUT2D eigenvalue weighted by atomic mass is 32.2. The molecule has 1 saturated carbocycles. The first-order valence-corrected chi connectivity index (χ1v) is 10.7. The van der Waals surface area contributed by atoms with E-state index >= 15 is 0 Å². The Morgan fingerprint density at radius 1 is 1.15 bits per heavy atom. The third kappa shape index (κ3) is 4.31. The summed E-state index contributed by atoms with van der Waals surface area (Å²) in [6.07, 6.45) is 1.75. The largest absolute Gasteiger partial charge is 0.346 e. The van der Waals surface area contributed by atoms with Gasteiger partial charge in [0.15, 0.2) is 9.84 Å². The molecule has 1 atom stereocenters. The molecule has 0 aliphatic heterocycles. The minimum atomic E-state index is -3.68. The van der Waals surface area contributed by atoms with E-state index in [1.807, 2.05) is 19.1 Å². The van der Waals surface area contributed by atoms with Crippen molar-refractivity contribution in [2.75, 3.05) is 6.54 Å². The normalized spacial score (nSPS) is 15.3. The summed E-state index contributed by atoms with van der Waals surface area (Å²) in [4.78, 5) is 23.8. The van der Waals surface area contributed by atoms with Gasteiger partial charge in [0.25, 0.3) is 0 Å². The minimum absolute atomic E-state index is 0.0657. The molecule has 0 bridgehead atoms. The van der Waals surface area contributed by atoms with E-state index in [1.165, 1.54) is 0 Å². The topological polar surface area (TPSA) is 92.3 Å². The maximum Gasteiger partial charge on any atom is 0.309 e. The maximum absolute atomic E-state index is 13.0. The zero-order chi connectivity index (χ0) is 18.7. The standard InChI is InChI=1S/C18H20N2O4S2/c1-12-4-6-13(7-5-12)15(26(23,24)16-3-2-10-25-16)11-19-17(21)18(22)20-14-8-9-14/h2-7,10,14-15H,8-9,11H2,1H3,(H,19,21)(H,20,22)/t15-/m1/s1. The number of rotatable bonds is 6. The van der Waals surface area contributed by atoms with Crippen LogP contribution in [0.2, 0.25) is 0 Å². The lowest BCUT2D eigenvalue weighted by Crippen LogP contribution is -2.43. The zero-order valence-corrected chi connectivity index (χ0v) is 15.9. The molecule has 2 aromatic rings. The Balaban J connectivity index is 1.80. The Morgan fingerprint density at radius 3 is 2.42 bits per heavy atom. The van der Waals surface area contributed by atoms with Gasteiger partial charge in [-0.1, -0.05) is 35.9 Å². The van der Waals surface area contributed by atoms with Crippen molar-refractivity contribution in [3.63, 3.8) is 0 Å². The SMILES string of the molecule is Cc1ccc([C@@H](CNC(=O)C(=O)NC2CC2)S(=O)(=O)c2cccs2)cc1. The number of amides is 2. The number of thiophene rings is 1. The molecular weight excluding hydrogens is 372 g/mol. The molecule has 2 N–H and O–H groups in total. The molecule has 6 nitrogen and oxygen atoms in total. The Bertz CT molecular complexity index is 886. The van der Waals surface area contributed by atoms with Crippen molar-refractivity contribution in [3.8, 4) is 0 Å². The van der Waals surface area contributed by atoms with E-state index in [0.717, 1.165) is 29.7 Å². The molecule has 0 radical (unpaired) electrons. The van der Waals surface area contributed by atoms with Crippen molar-refractivity contribution < 1.29 is 18.0 Å². The summed E-state index contributed by atoms with van der Waals surface area (Å²) in [7, 11) is -3.68. The van der Waals surface area contributed by atoms with Crippen LogP contribution in [0.3, 0.4) is 0 Å². The van der Waals surface area contributed by atoms with Gasteiger partial charge < -0.3 is 10.6 Å². The van der Waals surface area contributed by atoms with Gasteiger partial charge in [0, 0.05) is 12.6 Å². The Labute approximate surface area is 156 Å². The van der Waals surface area contributed by atoms with Gasteiger partial charge in [0.1, 0.15) is 9.46 Å². The van der Waals surface area contributed by atoms with Gasteiger partial charge in [0.05, 0.1) is 0 Å². The number of nitrogens with one attached hydrogen (secondary N) is 2. The van der Waals surface area contributed by atoms with Gasteiger partial charge in [-0.15, -0.1) is 11.3 Å². The van der Waals surface area contributed by atoms with Crippen LogP contribution in [0, 0.1) is 6.92 Å². The van der Waals surface area contributed by atoms with E-state index in [9.17, 15) is 18.0 Å². The monoisotopic (exact) mass is 392 g/mol. The Morgan fingerprint density at radius 2 is 1.85 bits per heavy atom. The maximum atomic E-state index is 13.0. The fourth-order valence-corrected chi connectivity index (χ4v) is 5.36. The Kier molecular flexibility index (Phi) is 5.43. The van der Waals surface area contributed by atoms with E-state index in [0.29, 0.717) is 5.56 Å². The summed E-state index contributed by atoms with van der Waals surface area (Å²) in [5.41, 5.74) is 1.58. The van der Waals surface area contributed by atoms with Gasteiger partial charge in [-0.3, -0.25) is 9.59 Å². The zero-order valence-electron chi connectivity index (χ0n) is 14.3. The first-order chi connectivity index (χ1) is 12.4. The third-order valence-electron chi connectivity index (χ3n) is 4.17. The number of carbonyl (C=O) groups excluding carboxylic acids is 2. The van der Waals surface area contributed by atoms with Crippen LogP contribution in [0.1, 0.15) is 29.2 Å². The first-order valence-electron chi connectivity index (χ1n) is 8.30. The number of aryl methyl sites for hydroxylation is 1. The van der Waals surface area contributed by atoms with Gasteiger partial charge in [-0.05, 0) is 36.8 Å². The van der Waals surface area contributed by atoms with Crippen LogP contribution < -0.4 is 10.6 Å². The second kappa shape index (κ2) is 7.59. The summed E-state index contributed by atoms with van der Waals surface area (Å²) in [5.74, 6) is -1.53. The highest BCUT2D eigenvalue weighted by molar-refractivity contribution is 7.93. The van der Waals surface area contributed by atoms with E-state index in [4.69, 9.17) is 0 Å². The van der Waals surface area contributed by atoms with Crippen LogP contribution in [0.25, 0.3) is 0 Å². The number of sulfone groups is 1. The molecule has 2 amide bonds. The summed E-state index contributed by atoms with van der Waals surface area (Å²) in [6.45, 7) is 1.75. The predicted octanol–water partition coefficient (Wildman–Crippen LogP) is 1.97. The molecule has 1 aromatic heterocycles. The molecule has 1 heterocycles. The highest BCUT2D eigenvalue weighted by Gasteiger charge is 2.32. The second-order valence-corrected chi connectivity index (χ2v) is 9.64. The van der Waals surface area contributed by atoms with Crippen molar-refractivity contribution in [1.29, 1.82) is 0 Å². The fourth-order valence-electron chi connectivity index (χ4n) is 2.50. The summed E-state index contributed by atoms with van der Waals surface area (Å²) in [5, 5.41) is 5.80. The van der Waals surface area contributed by atoms with Crippen molar-refractivity contribution in [2.24, 2.45) is 0 Å². The molecule has 0 spiro atoms. The third-order valence-corrected chi connectivity index (χ3v) is 7.70. The quantitative estimate of drug-likeness (QED) is 0.735. The van der Waals surface area contributed by atoms with Gasteiger partial charge >= 0.3 is 11.8 Å². The molecule has 0 unspecified atom stereocenters. The van der Waals surface area contributed by atoms with E-state index in [1.54, 1.807) is 29.6 Å². The van der Waals surface area contributed by atoms with Gasteiger partial charge in [-0.2, -0.15) is 0 Å². The predicted molar refractivity (Wildman–Crippen MR) is 99.6 cm³/mol. The number of hydrogen-bond donors (Lipinski definition) is 2. The first kappa shape index (κ1) is 18.6. The van der Waals surface area contributed by atoms with Crippen LogP contribution in [0.15, 0.2) is 46.0 Å². The summed E-state index contributed by atoms with van der Waals surface area (Å²) in [6, 6.07) is 10.4. The molecule has 8 heteroatoms. The average molecular weight is 393 g/mol. The molecular formula is C18H20N2O4S2. The highest BCUT2D eigenvalue weighted by Crippen LogP contribution is 2.31. The fraction of sp³-hybridized carbons (Fsp3) is 0.333. The van der Waals surface area contributed by atoms with Crippen molar-refractivity contribution in [2.45, 2.75) is 35.3 Å². The van der Waals surface area contributed by atoms with Crippen LogP contribution >= 0.6 is 11.3 Å². The summed E-state index contributed by atoms with van der Waals surface area (Å²) < 4.78 is 26.3. The lowest BCUT2D eigenvalue weighted by atomic mass is 10.1. The Hall–Kier alpha value is -2.19. The van der Waals surface area contributed by atoms with E-state index in [2.05, 4.69) is 10.6 Å². The van der Waals surface area contributed by atoms with Crippen LogP contribution in [0.4, 0.5) is 0 Å². The summed E-state index contributed by atoms with van der Waals surface area (Å²) >= 11 is 1.13. The minimum Gasteiger partial charge on any atom is -0.346 e. The molecule has 1 aromatic carbocycles. The van der Waals surface area contributed by atoms with Crippen LogP contribution in [-0.4, -0.2) is 32.8 Å². The molecule has 0 saturated heterocycles. The molecule has 1 fully saturated rings. The van der Waals surface area contributed by atoms with Crippen LogP contribution in [0.5, 0.6) is 0 Å². The molecule has 1 aliphatic rings. The van der Waals surface area contributed by atoms with Crippen LogP contribution in [-0.2, 0) is 19.4 Å². The van der Waals surface area contributed by atoms with Crippen molar-refractivity contribution in [3.05, 3.63) is 52.9 Å². The van der Waals surface area contributed by atoms with E-state index < -0.39 is 26.9 Å². The number of benzene rings is 1. The van der Waals surface area contributed by atoms with Gasteiger partial charge in [-0.25, -0.2) is 8.42 Å².